The third-order valence-electron chi connectivity index (χ3n) is 2.41. The van der Waals surface area contributed by atoms with E-state index in [4.69, 9.17) is 17.4 Å². The lowest BCUT2D eigenvalue weighted by atomic mass is 10.5. The molecule has 0 aliphatic heterocycles. The highest BCUT2D eigenvalue weighted by Gasteiger charge is 2.11. The Kier molecular flexibility index (Phi) is 3.24. The molecule has 0 aliphatic rings. The second-order valence-electron chi connectivity index (χ2n) is 3.63. The van der Waals surface area contributed by atoms with Crippen LogP contribution in [-0.2, 0) is 0 Å². The molecule has 6 nitrogen and oxygen atoms in total. The minimum absolute atomic E-state index is 0.542. The van der Waals surface area contributed by atoms with Crippen LogP contribution in [-0.4, -0.2) is 19.4 Å². The Hall–Kier alpha value is -1.83. The first-order chi connectivity index (χ1) is 9.28. The number of hydrogen-bond donors (Lipinski definition) is 2. The van der Waals surface area contributed by atoms with Gasteiger partial charge >= 0.3 is 0 Å². The number of nitrogen functional groups attached to an aromatic ring is 1. The molecule has 0 fully saturated rings. The molecule has 8 heteroatoms. The van der Waals surface area contributed by atoms with Crippen molar-refractivity contribution >= 4 is 34.8 Å². The summed E-state index contributed by atoms with van der Waals surface area (Å²) in [5.41, 5.74) is 3.25. The van der Waals surface area contributed by atoms with Gasteiger partial charge in [-0.1, -0.05) is 11.6 Å². The molecule has 0 aromatic carbocycles. The fraction of sp³-hybridized carbons (Fsp3) is 0. The maximum Gasteiger partial charge on any atom is 0.170 e. The zero-order valence-electron chi connectivity index (χ0n) is 9.62. The molecule has 0 aliphatic carbocycles. The van der Waals surface area contributed by atoms with Crippen molar-refractivity contribution in [1.82, 2.24) is 19.4 Å². The first kappa shape index (κ1) is 12.2. The Balaban J connectivity index is 2.09. The summed E-state index contributed by atoms with van der Waals surface area (Å²) < 4.78 is 1.83. The molecule has 3 heterocycles. The van der Waals surface area contributed by atoms with E-state index < -0.39 is 0 Å². The molecule has 0 radical (unpaired) electrons. The van der Waals surface area contributed by atoms with Gasteiger partial charge in [0.15, 0.2) is 11.5 Å². The predicted molar refractivity (Wildman–Crippen MR) is 74.2 cm³/mol. The predicted octanol–water partition coefficient (Wildman–Crippen LogP) is 2.21. The highest BCUT2D eigenvalue weighted by Crippen LogP contribution is 2.32. The summed E-state index contributed by atoms with van der Waals surface area (Å²) in [6.07, 6.45) is 6.96. The van der Waals surface area contributed by atoms with Crippen LogP contribution in [0.2, 0.25) is 5.02 Å². The summed E-state index contributed by atoms with van der Waals surface area (Å²) in [6.45, 7) is 0. The van der Waals surface area contributed by atoms with Gasteiger partial charge in [-0.3, -0.25) is 0 Å². The summed E-state index contributed by atoms with van der Waals surface area (Å²) >= 11 is 7.44. The molecule has 96 valence electrons. The summed E-state index contributed by atoms with van der Waals surface area (Å²) in [5, 5.41) is 1.93. The average molecular weight is 293 g/mol. The second-order valence-corrected chi connectivity index (χ2v) is 5.01. The average Bonchev–Trinajstić information content (AvgIpc) is 2.89. The molecule has 0 spiro atoms. The fourth-order valence-electron chi connectivity index (χ4n) is 1.58. The van der Waals surface area contributed by atoms with Crippen molar-refractivity contribution in [3.63, 3.8) is 0 Å². The molecule has 0 unspecified atom stereocenters. The third kappa shape index (κ3) is 2.35. The fourth-order valence-corrected chi connectivity index (χ4v) is 2.67. The molecule has 3 rings (SSSR count). The number of nitrogens with one attached hydrogen (secondary N) is 1. The quantitative estimate of drug-likeness (QED) is 0.569. The van der Waals surface area contributed by atoms with Gasteiger partial charge in [0.1, 0.15) is 10.1 Å². The van der Waals surface area contributed by atoms with Crippen molar-refractivity contribution in [2.45, 2.75) is 10.1 Å². The number of aromatic nitrogens is 4. The van der Waals surface area contributed by atoms with E-state index in [1.165, 1.54) is 11.8 Å². The van der Waals surface area contributed by atoms with E-state index >= 15 is 0 Å². The Labute approximate surface area is 118 Å². The van der Waals surface area contributed by atoms with E-state index in [2.05, 4.69) is 20.4 Å². The van der Waals surface area contributed by atoms with E-state index in [1.807, 2.05) is 10.6 Å². The number of halogens is 1. The van der Waals surface area contributed by atoms with Gasteiger partial charge in [-0.05, 0) is 23.9 Å². The lowest BCUT2D eigenvalue weighted by Gasteiger charge is -2.06. The van der Waals surface area contributed by atoms with Crippen LogP contribution in [0.4, 0.5) is 5.82 Å². The summed E-state index contributed by atoms with van der Waals surface area (Å²) in [5.74, 6) is 5.95. The van der Waals surface area contributed by atoms with E-state index in [-0.39, 0.29) is 0 Å². The molecule has 0 saturated carbocycles. The van der Waals surface area contributed by atoms with Crippen LogP contribution in [0.25, 0.3) is 5.65 Å². The van der Waals surface area contributed by atoms with Crippen LogP contribution >= 0.6 is 23.4 Å². The normalized spacial score (nSPS) is 10.8. The van der Waals surface area contributed by atoms with Gasteiger partial charge in [0.05, 0.1) is 11.2 Å². The van der Waals surface area contributed by atoms with Gasteiger partial charge in [0.25, 0.3) is 0 Å². The lowest BCUT2D eigenvalue weighted by molar-refractivity contribution is 1.02. The van der Waals surface area contributed by atoms with Crippen molar-refractivity contribution < 1.29 is 0 Å². The van der Waals surface area contributed by atoms with Crippen molar-refractivity contribution in [2.24, 2.45) is 5.84 Å². The number of nitrogens with two attached hydrogens (primary N) is 1. The summed E-state index contributed by atoms with van der Waals surface area (Å²) in [6, 6.07) is 3.56. The Bertz CT molecular complexity index is 728. The Morgan fingerprint density at radius 1 is 1.26 bits per heavy atom. The third-order valence-corrected chi connectivity index (χ3v) is 3.81. The summed E-state index contributed by atoms with van der Waals surface area (Å²) in [4.78, 5) is 12.9. The molecule has 0 saturated heterocycles. The molecular weight excluding hydrogens is 284 g/mol. The first-order valence-corrected chi connectivity index (χ1v) is 6.56. The van der Waals surface area contributed by atoms with Gasteiger partial charge in [-0.2, -0.15) is 0 Å². The van der Waals surface area contributed by atoms with E-state index in [0.29, 0.717) is 20.9 Å². The maximum atomic E-state index is 6.09. The van der Waals surface area contributed by atoms with Crippen LogP contribution in [0.1, 0.15) is 0 Å². The zero-order chi connectivity index (χ0) is 13.2. The van der Waals surface area contributed by atoms with E-state index in [0.717, 1.165) is 5.65 Å². The SMILES string of the molecule is NNc1cn2ccnc2c(Sc2ncccc2Cl)n1. The smallest absolute Gasteiger partial charge is 0.170 e. The standard InChI is InChI=1S/C11H9ClN6S/c12-7-2-1-3-15-10(7)19-11-9-14-4-5-18(9)6-8(16-11)17-13/h1-6,17H,13H2. The molecule has 3 aromatic rings. The van der Waals surface area contributed by atoms with Gasteiger partial charge in [-0.25, -0.2) is 20.8 Å². The molecule has 3 aromatic heterocycles. The highest BCUT2D eigenvalue weighted by molar-refractivity contribution is 7.99. The Morgan fingerprint density at radius 2 is 2.16 bits per heavy atom. The molecule has 0 atom stereocenters. The molecule has 19 heavy (non-hydrogen) atoms. The molecule has 0 bridgehead atoms. The van der Waals surface area contributed by atoms with Crippen LogP contribution in [0, 0.1) is 0 Å². The van der Waals surface area contributed by atoms with Crippen LogP contribution in [0.15, 0.2) is 47.0 Å². The van der Waals surface area contributed by atoms with Gasteiger partial charge < -0.3 is 9.83 Å². The zero-order valence-corrected chi connectivity index (χ0v) is 11.2. The first-order valence-electron chi connectivity index (χ1n) is 5.36. The molecular formula is C11H9ClN6S. The summed E-state index contributed by atoms with van der Waals surface area (Å²) in [7, 11) is 0. The molecule has 0 amide bonds. The molecule has 3 N–H and O–H groups in total. The minimum Gasteiger partial charge on any atom is -0.307 e. The van der Waals surface area contributed by atoms with Gasteiger partial charge in [0, 0.05) is 18.6 Å². The number of hydrogen-bond acceptors (Lipinski definition) is 6. The van der Waals surface area contributed by atoms with Crippen molar-refractivity contribution in [1.29, 1.82) is 0 Å². The number of pyridine rings is 1. The van der Waals surface area contributed by atoms with Gasteiger partial charge in [-0.15, -0.1) is 0 Å². The number of nitrogens with zero attached hydrogens (tertiary/aromatic N) is 4. The largest absolute Gasteiger partial charge is 0.307 e. The van der Waals surface area contributed by atoms with Crippen molar-refractivity contribution in [2.75, 3.05) is 5.43 Å². The minimum atomic E-state index is 0.542. The van der Waals surface area contributed by atoms with Crippen LogP contribution in [0.3, 0.4) is 0 Å². The lowest BCUT2D eigenvalue weighted by Crippen LogP contribution is -2.10. The monoisotopic (exact) mass is 292 g/mol. The number of rotatable bonds is 3. The van der Waals surface area contributed by atoms with E-state index in [9.17, 15) is 0 Å². The van der Waals surface area contributed by atoms with Crippen molar-refractivity contribution in [3.05, 3.63) is 41.9 Å². The number of hydrazine groups is 1. The number of fused-ring (bicyclic) bond motifs is 1. The van der Waals surface area contributed by atoms with Gasteiger partial charge in [0.2, 0.25) is 0 Å². The van der Waals surface area contributed by atoms with E-state index in [1.54, 1.807) is 30.7 Å². The highest BCUT2D eigenvalue weighted by atomic mass is 35.5. The second kappa shape index (κ2) is 5.04. The van der Waals surface area contributed by atoms with Crippen molar-refractivity contribution in [3.8, 4) is 0 Å². The maximum absolute atomic E-state index is 6.09. The van der Waals surface area contributed by atoms with Crippen LogP contribution < -0.4 is 11.3 Å². The number of anilines is 1. The topological polar surface area (TPSA) is 81.1 Å². The van der Waals surface area contributed by atoms with Crippen LogP contribution in [0.5, 0.6) is 0 Å². The Morgan fingerprint density at radius 3 is 2.95 bits per heavy atom. The number of imidazole rings is 1.